The van der Waals surface area contributed by atoms with E-state index in [1.165, 1.54) is 6.07 Å². The van der Waals surface area contributed by atoms with Crippen LogP contribution in [0.2, 0.25) is 0 Å². The topological polar surface area (TPSA) is 49.2 Å². The minimum Gasteiger partial charge on any atom is -0.497 e. The predicted molar refractivity (Wildman–Crippen MR) is 107 cm³/mol. The molecule has 0 radical (unpaired) electrons. The van der Waals surface area contributed by atoms with E-state index in [1.54, 1.807) is 56.2 Å². The molecule has 0 amide bonds. The Morgan fingerprint density at radius 2 is 1.66 bits per heavy atom. The second kappa shape index (κ2) is 7.50. The molecule has 0 spiro atoms. The Bertz CT molecular complexity index is 1170. The molecule has 0 saturated heterocycles. The van der Waals surface area contributed by atoms with Crippen molar-refractivity contribution in [3.05, 3.63) is 65.9 Å². The number of fused-ring (bicyclic) bond motifs is 1. The summed E-state index contributed by atoms with van der Waals surface area (Å²) in [5.74, 6) is 1.32. The molecule has 0 saturated carbocycles. The highest BCUT2D eigenvalue weighted by Gasteiger charge is 2.21. The first-order chi connectivity index (χ1) is 14.0. The molecule has 0 unspecified atom stereocenters. The number of ether oxygens (including phenoxy) is 2. The van der Waals surface area contributed by atoms with Gasteiger partial charge in [0, 0.05) is 11.1 Å². The van der Waals surface area contributed by atoms with E-state index in [0.717, 1.165) is 0 Å². The van der Waals surface area contributed by atoms with Crippen LogP contribution in [-0.4, -0.2) is 29.0 Å². The van der Waals surface area contributed by atoms with Gasteiger partial charge in [-0.1, -0.05) is 12.1 Å². The van der Waals surface area contributed by atoms with Crippen LogP contribution in [-0.2, 0) is 0 Å². The van der Waals surface area contributed by atoms with E-state index in [9.17, 15) is 8.78 Å². The van der Waals surface area contributed by atoms with Gasteiger partial charge in [0.15, 0.2) is 5.65 Å². The maximum Gasteiger partial charge on any atom is 0.264 e. The number of benzene rings is 2. The van der Waals surface area contributed by atoms with Gasteiger partial charge in [0.1, 0.15) is 11.5 Å². The molecule has 7 heteroatoms. The van der Waals surface area contributed by atoms with Crippen molar-refractivity contribution in [3.8, 4) is 28.4 Å². The van der Waals surface area contributed by atoms with E-state index in [0.29, 0.717) is 45.2 Å². The molecule has 2 heterocycles. The van der Waals surface area contributed by atoms with Crippen LogP contribution in [0.4, 0.5) is 8.78 Å². The van der Waals surface area contributed by atoms with E-state index in [1.807, 2.05) is 18.2 Å². The number of halogens is 2. The average Bonchev–Trinajstić information content (AvgIpc) is 3.09. The second-order valence-electron chi connectivity index (χ2n) is 6.52. The Morgan fingerprint density at radius 3 is 2.31 bits per heavy atom. The monoisotopic (exact) mass is 395 g/mol. The molecule has 0 aliphatic heterocycles. The molecule has 0 atom stereocenters. The molecule has 4 rings (SSSR count). The van der Waals surface area contributed by atoms with E-state index in [-0.39, 0.29) is 5.56 Å². The summed E-state index contributed by atoms with van der Waals surface area (Å²) in [5.41, 5.74) is 2.61. The quantitative estimate of drug-likeness (QED) is 0.457. The summed E-state index contributed by atoms with van der Waals surface area (Å²) in [6.07, 6.45) is -2.66. The minimum absolute atomic E-state index is 0.0925. The van der Waals surface area contributed by atoms with Gasteiger partial charge < -0.3 is 9.47 Å². The van der Waals surface area contributed by atoms with Gasteiger partial charge in [-0.3, -0.25) is 0 Å². The number of aromatic nitrogens is 3. The zero-order valence-electron chi connectivity index (χ0n) is 16.2. The number of methoxy groups -OCH3 is 2. The van der Waals surface area contributed by atoms with Gasteiger partial charge in [0.05, 0.1) is 36.7 Å². The van der Waals surface area contributed by atoms with Crippen molar-refractivity contribution in [1.82, 2.24) is 14.8 Å². The molecule has 4 aromatic rings. The van der Waals surface area contributed by atoms with Crippen molar-refractivity contribution in [3.63, 3.8) is 0 Å². The van der Waals surface area contributed by atoms with Crippen LogP contribution < -0.4 is 9.47 Å². The van der Waals surface area contributed by atoms with Gasteiger partial charge in [-0.15, -0.1) is 0 Å². The lowest BCUT2D eigenvalue weighted by atomic mass is 10.1. The number of nitrogens with zero attached hydrogens (tertiary/aromatic N) is 3. The Kier molecular flexibility index (Phi) is 4.88. The fourth-order valence-electron chi connectivity index (χ4n) is 3.33. The number of aryl methyl sites for hydroxylation is 1. The zero-order valence-corrected chi connectivity index (χ0v) is 16.2. The van der Waals surface area contributed by atoms with Gasteiger partial charge >= 0.3 is 0 Å². The Morgan fingerprint density at radius 1 is 0.931 bits per heavy atom. The lowest BCUT2D eigenvalue weighted by Crippen LogP contribution is -2.00. The van der Waals surface area contributed by atoms with Gasteiger partial charge in [0.2, 0.25) is 0 Å². The van der Waals surface area contributed by atoms with Crippen molar-refractivity contribution in [2.75, 3.05) is 14.2 Å². The van der Waals surface area contributed by atoms with E-state index < -0.39 is 6.43 Å². The normalized spacial score (nSPS) is 11.2. The van der Waals surface area contributed by atoms with Crippen molar-refractivity contribution in [2.24, 2.45) is 0 Å². The lowest BCUT2D eigenvalue weighted by molar-refractivity contribution is 0.153. The lowest BCUT2D eigenvalue weighted by Gasteiger charge is -2.10. The summed E-state index contributed by atoms with van der Waals surface area (Å²) < 4.78 is 39.9. The molecule has 29 heavy (non-hydrogen) atoms. The molecule has 0 aliphatic carbocycles. The van der Waals surface area contributed by atoms with Gasteiger partial charge in [0.25, 0.3) is 6.43 Å². The molecule has 0 N–H and O–H groups in total. The Labute approximate surface area is 166 Å². The molecule has 0 bridgehead atoms. The van der Waals surface area contributed by atoms with Crippen LogP contribution in [0.25, 0.3) is 28.0 Å². The zero-order chi connectivity index (χ0) is 20.5. The van der Waals surface area contributed by atoms with Crippen LogP contribution in [0.5, 0.6) is 11.5 Å². The SMILES string of the molecule is COc1ccc(-n2nc(C)c3c(C(F)F)cc(-c4cccc(OC)c4)nc32)cc1. The van der Waals surface area contributed by atoms with Crippen molar-refractivity contribution < 1.29 is 18.3 Å². The van der Waals surface area contributed by atoms with Crippen molar-refractivity contribution in [1.29, 1.82) is 0 Å². The largest absolute Gasteiger partial charge is 0.497 e. The number of hydrogen-bond acceptors (Lipinski definition) is 4. The average molecular weight is 395 g/mol. The summed E-state index contributed by atoms with van der Waals surface area (Å²) in [6, 6.07) is 15.8. The third-order valence-electron chi connectivity index (χ3n) is 4.76. The molecule has 2 aromatic heterocycles. The highest BCUT2D eigenvalue weighted by atomic mass is 19.3. The van der Waals surface area contributed by atoms with Crippen LogP contribution in [0, 0.1) is 6.92 Å². The van der Waals surface area contributed by atoms with Gasteiger partial charge in [-0.2, -0.15) is 5.10 Å². The Hall–Kier alpha value is -3.48. The molecule has 0 fully saturated rings. The summed E-state index contributed by atoms with van der Waals surface area (Å²) >= 11 is 0. The van der Waals surface area contributed by atoms with E-state index >= 15 is 0 Å². The highest BCUT2D eigenvalue weighted by molar-refractivity contribution is 5.86. The third-order valence-corrected chi connectivity index (χ3v) is 4.76. The molecule has 148 valence electrons. The standard InChI is InChI=1S/C22H19F2N3O2/c1-13-20-18(21(23)24)12-19(14-5-4-6-17(11-14)29-3)25-22(20)27(26-13)15-7-9-16(28-2)10-8-15/h4-12,21H,1-3H3. The van der Waals surface area contributed by atoms with E-state index in [4.69, 9.17) is 9.47 Å². The number of hydrogen-bond donors (Lipinski definition) is 0. The molecule has 2 aromatic carbocycles. The minimum atomic E-state index is -2.66. The maximum atomic E-state index is 13.9. The molecular weight excluding hydrogens is 376 g/mol. The highest BCUT2D eigenvalue weighted by Crippen LogP contribution is 2.34. The Balaban J connectivity index is 1.97. The first kappa shape index (κ1) is 18.9. The van der Waals surface area contributed by atoms with Crippen LogP contribution in [0.1, 0.15) is 17.7 Å². The van der Waals surface area contributed by atoms with Crippen LogP contribution >= 0.6 is 0 Å². The first-order valence-corrected chi connectivity index (χ1v) is 8.99. The fourth-order valence-corrected chi connectivity index (χ4v) is 3.33. The van der Waals surface area contributed by atoms with Crippen LogP contribution in [0.3, 0.4) is 0 Å². The van der Waals surface area contributed by atoms with Gasteiger partial charge in [-0.05, 0) is 49.4 Å². The van der Waals surface area contributed by atoms with Gasteiger partial charge in [-0.25, -0.2) is 18.4 Å². The fraction of sp³-hybridized carbons (Fsp3) is 0.182. The third kappa shape index (κ3) is 3.40. The number of alkyl halides is 2. The predicted octanol–water partition coefficient (Wildman–Crippen LogP) is 5.35. The molecule has 0 aliphatic rings. The summed E-state index contributed by atoms with van der Waals surface area (Å²) in [5, 5.41) is 4.85. The summed E-state index contributed by atoms with van der Waals surface area (Å²) in [4.78, 5) is 4.68. The first-order valence-electron chi connectivity index (χ1n) is 8.99. The number of rotatable bonds is 5. The smallest absolute Gasteiger partial charge is 0.264 e. The molecular formula is C22H19F2N3O2. The number of pyridine rings is 1. The maximum absolute atomic E-state index is 13.9. The second-order valence-corrected chi connectivity index (χ2v) is 6.52. The van der Waals surface area contributed by atoms with Crippen molar-refractivity contribution in [2.45, 2.75) is 13.3 Å². The molecule has 5 nitrogen and oxygen atoms in total. The summed E-state index contributed by atoms with van der Waals surface area (Å²) in [6.45, 7) is 1.71. The van der Waals surface area contributed by atoms with Crippen LogP contribution in [0.15, 0.2) is 54.6 Å². The van der Waals surface area contributed by atoms with Crippen molar-refractivity contribution >= 4 is 11.0 Å². The summed E-state index contributed by atoms with van der Waals surface area (Å²) in [7, 11) is 3.14. The van der Waals surface area contributed by atoms with E-state index in [2.05, 4.69) is 10.1 Å².